The molecule has 0 bridgehead atoms. The Balaban J connectivity index is 3.00. The summed E-state index contributed by atoms with van der Waals surface area (Å²) in [5.41, 5.74) is -0.367. The summed E-state index contributed by atoms with van der Waals surface area (Å²) in [6.45, 7) is 3.86. The van der Waals surface area contributed by atoms with E-state index in [0.29, 0.717) is 0 Å². The van der Waals surface area contributed by atoms with Crippen LogP contribution in [-0.4, -0.2) is 19.9 Å². The lowest BCUT2D eigenvalue weighted by Crippen LogP contribution is -2.26. The van der Waals surface area contributed by atoms with Gasteiger partial charge in [-0.25, -0.2) is 8.42 Å². The van der Waals surface area contributed by atoms with Gasteiger partial charge in [0, 0.05) is 12.1 Å². The SMILES string of the molecule is CC(C)CONS(=O)(=O)c1cc([N+](=O)[O-])ccc1Cl. The van der Waals surface area contributed by atoms with E-state index in [4.69, 9.17) is 16.4 Å². The number of halogens is 1. The summed E-state index contributed by atoms with van der Waals surface area (Å²) in [6, 6.07) is 3.15. The van der Waals surface area contributed by atoms with Crippen molar-refractivity contribution < 1.29 is 18.2 Å². The van der Waals surface area contributed by atoms with Crippen LogP contribution in [0.2, 0.25) is 5.02 Å². The second-order valence-electron chi connectivity index (χ2n) is 4.16. The van der Waals surface area contributed by atoms with Crippen molar-refractivity contribution >= 4 is 27.3 Å². The summed E-state index contributed by atoms with van der Waals surface area (Å²) in [7, 11) is -4.05. The van der Waals surface area contributed by atoms with E-state index in [0.717, 1.165) is 18.2 Å². The molecule has 1 rings (SSSR count). The first kappa shape index (κ1) is 15.8. The van der Waals surface area contributed by atoms with E-state index < -0.39 is 19.8 Å². The minimum atomic E-state index is -4.05. The molecule has 0 aliphatic carbocycles. The van der Waals surface area contributed by atoms with Gasteiger partial charge in [-0.3, -0.25) is 15.0 Å². The fraction of sp³-hybridized carbons (Fsp3) is 0.400. The van der Waals surface area contributed by atoms with E-state index in [2.05, 4.69) is 0 Å². The third kappa shape index (κ3) is 4.43. The molecule has 0 aromatic heterocycles. The lowest BCUT2D eigenvalue weighted by Gasteiger charge is -2.09. The number of non-ortho nitro benzene ring substituents is 1. The first-order valence-electron chi connectivity index (χ1n) is 5.31. The zero-order valence-electron chi connectivity index (χ0n) is 10.3. The molecule has 1 aromatic carbocycles. The van der Waals surface area contributed by atoms with E-state index in [-0.39, 0.29) is 23.2 Å². The summed E-state index contributed by atoms with van der Waals surface area (Å²) in [4.78, 5) is 16.2. The number of sulfonamides is 1. The molecular formula is C10H13ClN2O5S. The topological polar surface area (TPSA) is 98.5 Å². The van der Waals surface area contributed by atoms with Gasteiger partial charge >= 0.3 is 0 Å². The number of nitro groups is 1. The lowest BCUT2D eigenvalue weighted by atomic mass is 10.2. The van der Waals surface area contributed by atoms with Gasteiger partial charge in [-0.1, -0.05) is 30.3 Å². The highest BCUT2D eigenvalue weighted by Gasteiger charge is 2.21. The van der Waals surface area contributed by atoms with Crippen molar-refractivity contribution in [3.05, 3.63) is 33.3 Å². The maximum Gasteiger partial charge on any atom is 0.270 e. The number of nitrogens with one attached hydrogen (secondary N) is 1. The summed E-state index contributed by atoms with van der Waals surface area (Å²) in [5, 5.41) is 10.5. The largest absolute Gasteiger partial charge is 0.287 e. The van der Waals surface area contributed by atoms with Crippen molar-refractivity contribution in [2.75, 3.05) is 6.61 Å². The van der Waals surface area contributed by atoms with Crippen molar-refractivity contribution in [1.82, 2.24) is 4.89 Å². The van der Waals surface area contributed by atoms with Crippen LogP contribution in [0.15, 0.2) is 23.1 Å². The molecule has 0 amide bonds. The minimum Gasteiger partial charge on any atom is -0.287 e. The normalized spacial score (nSPS) is 11.8. The Morgan fingerprint density at radius 2 is 2.11 bits per heavy atom. The van der Waals surface area contributed by atoms with E-state index in [1.807, 2.05) is 18.7 Å². The Bertz CT molecular complexity index is 573. The van der Waals surface area contributed by atoms with Gasteiger partial charge in [-0.2, -0.15) is 0 Å². The van der Waals surface area contributed by atoms with Crippen molar-refractivity contribution in [1.29, 1.82) is 0 Å². The Morgan fingerprint density at radius 1 is 1.47 bits per heavy atom. The van der Waals surface area contributed by atoms with Crippen LogP contribution in [0.3, 0.4) is 0 Å². The van der Waals surface area contributed by atoms with Gasteiger partial charge in [0.05, 0.1) is 16.6 Å². The molecular weight excluding hydrogens is 296 g/mol. The van der Waals surface area contributed by atoms with Gasteiger partial charge in [-0.15, -0.1) is 0 Å². The first-order chi connectivity index (χ1) is 8.74. The monoisotopic (exact) mass is 308 g/mol. The van der Waals surface area contributed by atoms with Crippen molar-refractivity contribution in [3.8, 4) is 0 Å². The van der Waals surface area contributed by atoms with Crippen molar-refractivity contribution in [2.24, 2.45) is 5.92 Å². The number of nitrogens with zero attached hydrogens (tertiary/aromatic N) is 1. The number of rotatable bonds is 6. The average molecular weight is 309 g/mol. The molecule has 9 heteroatoms. The smallest absolute Gasteiger partial charge is 0.270 e. The average Bonchev–Trinajstić information content (AvgIpc) is 2.28. The van der Waals surface area contributed by atoms with Crippen LogP contribution < -0.4 is 4.89 Å². The van der Waals surface area contributed by atoms with Crippen molar-refractivity contribution in [2.45, 2.75) is 18.7 Å². The van der Waals surface area contributed by atoms with Gasteiger partial charge in [-0.05, 0) is 12.0 Å². The first-order valence-corrected chi connectivity index (χ1v) is 7.17. The minimum absolute atomic E-state index is 0.119. The highest BCUT2D eigenvalue weighted by atomic mass is 35.5. The summed E-state index contributed by atoms with van der Waals surface area (Å²) < 4.78 is 23.7. The highest BCUT2D eigenvalue weighted by Crippen LogP contribution is 2.25. The Kier molecular flexibility index (Phi) is 5.24. The van der Waals surface area contributed by atoms with Gasteiger partial charge in [0.25, 0.3) is 15.7 Å². The molecule has 0 aliphatic heterocycles. The van der Waals surface area contributed by atoms with Gasteiger partial charge in [0.2, 0.25) is 0 Å². The quantitative estimate of drug-likeness (QED) is 0.641. The number of hydrogen-bond acceptors (Lipinski definition) is 5. The standard InChI is InChI=1S/C10H13ClN2O5S/c1-7(2)6-18-12-19(16,17)10-5-8(13(14)15)3-4-9(10)11/h3-5,7,12H,6H2,1-2H3. The molecule has 7 nitrogen and oxygen atoms in total. The Hall–Kier alpha value is -1.22. The molecule has 0 spiro atoms. The maximum absolute atomic E-state index is 11.9. The number of nitro benzene ring substituents is 1. The third-order valence-corrected chi connectivity index (χ3v) is 3.70. The second-order valence-corrected chi connectivity index (χ2v) is 6.18. The van der Waals surface area contributed by atoms with Gasteiger partial charge in [0.15, 0.2) is 0 Å². The zero-order chi connectivity index (χ0) is 14.6. The van der Waals surface area contributed by atoms with Gasteiger partial charge < -0.3 is 0 Å². The van der Waals surface area contributed by atoms with E-state index in [9.17, 15) is 18.5 Å². The molecule has 0 saturated carbocycles. The fourth-order valence-corrected chi connectivity index (χ4v) is 2.47. The molecule has 0 heterocycles. The van der Waals surface area contributed by atoms with Crippen LogP contribution in [0, 0.1) is 16.0 Å². The fourth-order valence-electron chi connectivity index (χ4n) is 1.13. The number of benzene rings is 1. The van der Waals surface area contributed by atoms with E-state index in [1.54, 1.807) is 0 Å². The molecule has 19 heavy (non-hydrogen) atoms. The Morgan fingerprint density at radius 3 is 2.63 bits per heavy atom. The van der Waals surface area contributed by atoms with Crippen LogP contribution in [0.1, 0.15) is 13.8 Å². The maximum atomic E-state index is 11.9. The van der Waals surface area contributed by atoms with E-state index >= 15 is 0 Å². The Labute approximate surface area is 115 Å². The second kappa shape index (κ2) is 6.29. The predicted molar refractivity (Wildman–Crippen MR) is 69.2 cm³/mol. The molecule has 0 radical (unpaired) electrons. The molecule has 106 valence electrons. The molecule has 1 aromatic rings. The van der Waals surface area contributed by atoms with Crippen LogP contribution >= 0.6 is 11.6 Å². The molecule has 0 fully saturated rings. The van der Waals surface area contributed by atoms with E-state index in [1.165, 1.54) is 0 Å². The summed E-state index contributed by atoms with van der Waals surface area (Å²) in [5.74, 6) is 0.128. The molecule has 0 aliphatic rings. The molecule has 1 N–H and O–H groups in total. The predicted octanol–water partition coefficient (Wildman–Crippen LogP) is 2.11. The molecule has 0 unspecified atom stereocenters. The van der Waals surface area contributed by atoms with Crippen LogP contribution in [-0.2, 0) is 14.9 Å². The van der Waals surface area contributed by atoms with Crippen molar-refractivity contribution in [3.63, 3.8) is 0 Å². The van der Waals surface area contributed by atoms with Gasteiger partial charge in [0.1, 0.15) is 4.90 Å². The van der Waals surface area contributed by atoms with Crippen LogP contribution in [0.25, 0.3) is 0 Å². The number of hydrogen-bond donors (Lipinski definition) is 1. The molecule has 0 atom stereocenters. The third-order valence-electron chi connectivity index (χ3n) is 2.00. The summed E-state index contributed by atoms with van der Waals surface area (Å²) in [6.07, 6.45) is 0. The zero-order valence-corrected chi connectivity index (χ0v) is 11.9. The van der Waals surface area contributed by atoms with Crippen LogP contribution in [0.5, 0.6) is 0 Å². The lowest BCUT2D eigenvalue weighted by molar-refractivity contribution is -0.385. The molecule has 0 saturated heterocycles. The summed E-state index contributed by atoms with van der Waals surface area (Å²) >= 11 is 5.73. The highest BCUT2D eigenvalue weighted by molar-refractivity contribution is 7.89. The van der Waals surface area contributed by atoms with Crippen LogP contribution in [0.4, 0.5) is 5.69 Å².